The van der Waals surface area contributed by atoms with E-state index >= 15 is 0 Å². The average Bonchev–Trinajstić information content (AvgIpc) is 2.57. The molecule has 2 aromatic rings. The summed E-state index contributed by atoms with van der Waals surface area (Å²) in [4.78, 5) is 0. The smallest absolute Gasteiger partial charge is 0.129 e. The first kappa shape index (κ1) is 22.5. The van der Waals surface area contributed by atoms with Crippen molar-refractivity contribution in [3.63, 3.8) is 0 Å². The van der Waals surface area contributed by atoms with Gasteiger partial charge in [0.1, 0.15) is 16.2 Å². The van der Waals surface area contributed by atoms with Crippen LogP contribution in [0.2, 0.25) is 0 Å². The van der Waals surface area contributed by atoms with Crippen LogP contribution in [0.15, 0.2) is 54.6 Å². The fourth-order valence-electron chi connectivity index (χ4n) is 2.49. The van der Waals surface area contributed by atoms with E-state index in [1.54, 1.807) is 24.3 Å². The lowest BCUT2D eigenvalue weighted by Crippen LogP contribution is -3.00. The zero-order chi connectivity index (χ0) is 17.6. The van der Waals surface area contributed by atoms with Crippen LogP contribution >= 0.6 is 22.6 Å². The molecule has 0 heterocycles. The summed E-state index contributed by atoms with van der Waals surface area (Å²) in [7, 11) is 4.44. The Morgan fingerprint density at radius 3 is 1.76 bits per heavy atom. The lowest BCUT2D eigenvalue weighted by atomic mass is 9.96. The fraction of sp³-hybridized carbons (Fsp3) is 0.300. The monoisotopic (exact) mass is 569 g/mol. The summed E-state index contributed by atoms with van der Waals surface area (Å²) in [5, 5.41) is 0. The maximum Gasteiger partial charge on any atom is 0.129 e. The number of unbranched alkanes of at least 4 members (excludes halogenated alkanes) is 1. The Morgan fingerprint density at radius 2 is 1.36 bits per heavy atom. The fourth-order valence-corrected chi connectivity index (χ4v) is 2.83. The Hall–Kier alpha value is -0.540. The number of nitrogens with zero attached hydrogens (tertiary/aromatic N) is 1. The standard InChI is InChI=1S/C20H23F2IN.HI/c1-24(2,15-23)14-4-3-5-20(16-6-10-18(21)11-7-16)17-8-12-19(22)13-9-17;/h5-13H,3-4,14-15H2,1-2H3;1H/q+1;/p-1. The second-order valence-electron chi connectivity index (χ2n) is 6.55. The quantitative estimate of drug-likeness (QED) is 0.158. The van der Waals surface area contributed by atoms with Gasteiger partial charge in [-0.15, -0.1) is 0 Å². The van der Waals surface area contributed by atoms with Gasteiger partial charge in [0, 0.05) is 6.42 Å². The second-order valence-corrected chi connectivity index (χ2v) is 7.23. The number of benzene rings is 2. The molecule has 2 rings (SSSR count). The van der Waals surface area contributed by atoms with E-state index in [-0.39, 0.29) is 35.6 Å². The average molecular weight is 569 g/mol. The van der Waals surface area contributed by atoms with E-state index in [0.717, 1.165) is 45.1 Å². The summed E-state index contributed by atoms with van der Waals surface area (Å²) in [5.74, 6) is -0.503. The molecule has 2 aromatic carbocycles. The third-order valence-electron chi connectivity index (χ3n) is 3.95. The van der Waals surface area contributed by atoms with Crippen molar-refractivity contribution in [2.24, 2.45) is 0 Å². The number of hydrogen-bond donors (Lipinski definition) is 0. The van der Waals surface area contributed by atoms with Gasteiger partial charge in [0.25, 0.3) is 0 Å². The van der Waals surface area contributed by atoms with E-state index in [1.807, 2.05) is 0 Å². The predicted molar refractivity (Wildman–Crippen MR) is 105 cm³/mol. The van der Waals surface area contributed by atoms with Crippen molar-refractivity contribution in [3.8, 4) is 0 Å². The number of quaternary nitrogens is 1. The van der Waals surface area contributed by atoms with Gasteiger partial charge in [-0.25, -0.2) is 8.78 Å². The van der Waals surface area contributed by atoms with Crippen molar-refractivity contribution in [2.75, 3.05) is 25.2 Å². The molecule has 0 unspecified atom stereocenters. The molecule has 5 heteroatoms. The molecule has 0 N–H and O–H groups in total. The molecule has 0 saturated heterocycles. The number of allylic oxidation sites excluding steroid dienone is 1. The lowest BCUT2D eigenvalue weighted by molar-refractivity contribution is -0.874. The van der Waals surface area contributed by atoms with Crippen LogP contribution in [0.3, 0.4) is 0 Å². The van der Waals surface area contributed by atoms with Crippen LogP contribution in [0.5, 0.6) is 0 Å². The first-order valence-corrected chi connectivity index (χ1v) is 9.54. The molecule has 0 fully saturated rings. The normalized spacial score (nSPS) is 10.9. The second kappa shape index (κ2) is 10.6. The molecule has 136 valence electrons. The Morgan fingerprint density at radius 1 is 0.920 bits per heavy atom. The molecule has 0 saturated carbocycles. The van der Waals surface area contributed by atoms with Gasteiger partial charge >= 0.3 is 0 Å². The third-order valence-corrected chi connectivity index (χ3v) is 5.80. The van der Waals surface area contributed by atoms with Crippen LogP contribution in [-0.2, 0) is 0 Å². The highest BCUT2D eigenvalue weighted by molar-refractivity contribution is 14.1. The van der Waals surface area contributed by atoms with Gasteiger partial charge in [0.2, 0.25) is 0 Å². The first-order chi connectivity index (χ1) is 11.4. The van der Waals surface area contributed by atoms with E-state index in [2.05, 4.69) is 42.8 Å². The molecule has 0 radical (unpaired) electrons. The Balaban J connectivity index is 0.00000312. The largest absolute Gasteiger partial charge is 1.00 e. The van der Waals surface area contributed by atoms with Crippen LogP contribution < -0.4 is 24.0 Å². The van der Waals surface area contributed by atoms with Crippen LogP contribution in [-0.4, -0.2) is 29.7 Å². The van der Waals surface area contributed by atoms with Crippen molar-refractivity contribution in [1.29, 1.82) is 0 Å². The van der Waals surface area contributed by atoms with Gasteiger partial charge in [-0.1, -0.05) is 30.3 Å². The molecule has 25 heavy (non-hydrogen) atoms. The topological polar surface area (TPSA) is 0 Å². The van der Waals surface area contributed by atoms with Gasteiger partial charge in [0.15, 0.2) is 0 Å². The molecule has 0 amide bonds. The Bertz CT molecular complexity index is 632. The molecule has 0 spiro atoms. The highest BCUT2D eigenvalue weighted by Crippen LogP contribution is 2.25. The molecule has 0 aliphatic rings. The predicted octanol–water partition coefficient (Wildman–Crippen LogP) is 2.65. The van der Waals surface area contributed by atoms with Crippen molar-refractivity contribution >= 4 is 28.2 Å². The van der Waals surface area contributed by atoms with E-state index in [0.29, 0.717) is 0 Å². The zero-order valence-corrected chi connectivity index (χ0v) is 18.8. The molecule has 0 aliphatic carbocycles. The minimum atomic E-state index is -0.252. The van der Waals surface area contributed by atoms with Gasteiger partial charge in [-0.3, -0.25) is 0 Å². The number of rotatable bonds is 7. The molecule has 1 nitrogen and oxygen atoms in total. The van der Waals surface area contributed by atoms with Gasteiger partial charge in [0.05, 0.1) is 20.6 Å². The van der Waals surface area contributed by atoms with E-state index < -0.39 is 0 Å². The number of hydrogen-bond acceptors (Lipinski definition) is 0. The summed E-state index contributed by atoms with van der Waals surface area (Å²) in [6.45, 7) is 1.10. The van der Waals surface area contributed by atoms with Crippen LogP contribution in [0.25, 0.3) is 5.57 Å². The summed E-state index contributed by atoms with van der Waals surface area (Å²) in [6.07, 6.45) is 4.18. The molecule has 0 aromatic heterocycles. The van der Waals surface area contributed by atoms with Crippen molar-refractivity contribution in [1.82, 2.24) is 0 Å². The Labute approximate surface area is 179 Å². The minimum absolute atomic E-state index is 0. The van der Waals surface area contributed by atoms with Crippen LogP contribution in [0.4, 0.5) is 8.78 Å². The Kier molecular flexibility index (Phi) is 9.51. The molecule has 0 aliphatic heterocycles. The van der Waals surface area contributed by atoms with Gasteiger partial charge < -0.3 is 28.5 Å². The SMILES string of the molecule is C[N+](C)(CI)CCCC=C(c1ccc(F)cc1)c1ccc(F)cc1.[I-]. The molecule has 0 atom stereocenters. The van der Waals surface area contributed by atoms with Gasteiger partial charge in [-0.05, 0) is 70.0 Å². The van der Waals surface area contributed by atoms with Crippen molar-refractivity contribution < 1.29 is 37.2 Å². The highest BCUT2D eigenvalue weighted by atomic mass is 127. The van der Waals surface area contributed by atoms with Gasteiger partial charge in [-0.2, -0.15) is 0 Å². The maximum absolute atomic E-state index is 13.2. The summed E-state index contributed by atoms with van der Waals surface area (Å²) >= 11 is 2.41. The van der Waals surface area contributed by atoms with E-state index in [1.165, 1.54) is 24.3 Å². The third kappa shape index (κ3) is 7.30. The van der Waals surface area contributed by atoms with Crippen molar-refractivity contribution in [3.05, 3.63) is 77.4 Å². The summed E-state index contributed by atoms with van der Waals surface area (Å²) in [6, 6.07) is 12.9. The maximum atomic E-state index is 13.2. The zero-order valence-electron chi connectivity index (χ0n) is 14.5. The molecular weight excluding hydrogens is 546 g/mol. The molecule has 0 bridgehead atoms. The minimum Gasteiger partial charge on any atom is -1.00 e. The van der Waals surface area contributed by atoms with Crippen LogP contribution in [0, 0.1) is 11.6 Å². The van der Waals surface area contributed by atoms with Crippen LogP contribution in [0.1, 0.15) is 24.0 Å². The van der Waals surface area contributed by atoms with Crippen molar-refractivity contribution in [2.45, 2.75) is 12.8 Å². The summed E-state index contributed by atoms with van der Waals surface area (Å²) < 4.78 is 28.5. The van der Waals surface area contributed by atoms with E-state index in [4.69, 9.17) is 0 Å². The lowest BCUT2D eigenvalue weighted by Gasteiger charge is -2.26. The highest BCUT2D eigenvalue weighted by Gasteiger charge is 2.11. The van der Waals surface area contributed by atoms with E-state index in [9.17, 15) is 8.78 Å². The summed E-state index contributed by atoms with van der Waals surface area (Å²) in [5.41, 5.74) is 2.92. The molecular formula is C20H23F2I2N. The number of halogens is 4. The number of alkyl halides is 1. The first-order valence-electron chi connectivity index (χ1n) is 8.01.